The number of benzene rings is 1. The van der Waals surface area contributed by atoms with Crippen molar-refractivity contribution in [2.75, 3.05) is 0 Å². The Morgan fingerprint density at radius 3 is 2.00 bits per heavy atom. The van der Waals surface area contributed by atoms with Gasteiger partial charge in [0.05, 0.1) is 0 Å². The fourth-order valence-electron chi connectivity index (χ4n) is 0.688. The highest BCUT2D eigenvalue weighted by molar-refractivity contribution is 9.11. The Balaban J connectivity index is 3.06. The van der Waals surface area contributed by atoms with E-state index in [9.17, 15) is 0 Å². The first-order valence-corrected chi connectivity index (χ1v) is 4.85. The maximum Gasteiger partial charge on any atom is 0.0474 e. The highest BCUT2D eigenvalue weighted by Gasteiger charge is 1.94. The summed E-state index contributed by atoms with van der Waals surface area (Å²) in [6.07, 6.45) is 0. The quantitative estimate of drug-likeness (QED) is 0.685. The van der Waals surface area contributed by atoms with Crippen LogP contribution in [0.3, 0.4) is 0 Å². The van der Waals surface area contributed by atoms with Crippen molar-refractivity contribution in [1.82, 2.24) is 0 Å². The molecular formula is C7H5Br2Cl. The van der Waals surface area contributed by atoms with Gasteiger partial charge in [-0.1, -0.05) is 31.9 Å². The minimum absolute atomic E-state index is 0.554. The van der Waals surface area contributed by atoms with Crippen molar-refractivity contribution in [3.8, 4) is 0 Å². The Labute approximate surface area is 81.8 Å². The molecule has 1 aromatic rings. The maximum absolute atomic E-state index is 5.63. The molecule has 0 aliphatic heterocycles. The number of rotatable bonds is 1. The fourth-order valence-corrected chi connectivity index (χ4v) is 2.23. The van der Waals surface area contributed by atoms with Gasteiger partial charge in [-0.15, -0.1) is 11.6 Å². The first-order chi connectivity index (χ1) is 4.72. The Bertz CT molecular complexity index is 215. The van der Waals surface area contributed by atoms with Crippen molar-refractivity contribution in [3.05, 3.63) is 32.7 Å². The van der Waals surface area contributed by atoms with E-state index in [1.54, 1.807) is 0 Å². The smallest absolute Gasteiger partial charge is 0.0474 e. The molecule has 3 heteroatoms. The lowest BCUT2D eigenvalue weighted by Gasteiger charge is -1.97. The standard InChI is InChI=1S/C7H5Br2Cl/c8-6-1-5(4-10)2-7(9)3-6/h1-3H,4H2. The maximum atomic E-state index is 5.63. The highest BCUT2D eigenvalue weighted by atomic mass is 79.9. The number of hydrogen-bond donors (Lipinski definition) is 0. The zero-order chi connectivity index (χ0) is 7.56. The van der Waals surface area contributed by atoms with Crippen LogP contribution >= 0.6 is 43.5 Å². The van der Waals surface area contributed by atoms with E-state index in [4.69, 9.17) is 11.6 Å². The molecule has 0 unspecified atom stereocenters. The van der Waals surface area contributed by atoms with Gasteiger partial charge in [-0.3, -0.25) is 0 Å². The summed E-state index contributed by atoms with van der Waals surface area (Å²) in [5.74, 6) is 0.554. The number of halogens is 3. The van der Waals surface area contributed by atoms with Gasteiger partial charge in [0.1, 0.15) is 0 Å². The monoisotopic (exact) mass is 282 g/mol. The average molecular weight is 284 g/mol. The predicted octanol–water partition coefficient (Wildman–Crippen LogP) is 3.95. The minimum atomic E-state index is 0.554. The topological polar surface area (TPSA) is 0 Å². The summed E-state index contributed by atoms with van der Waals surface area (Å²) in [6, 6.07) is 5.98. The zero-order valence-electron chi connectivity index (χ0n) is 5.07. The average Bonchev–Trinajstić information content (AvgIpc) is 1.85. The molecule has 0 nitrogen and oxygen atoms in total. The molecule has 0 atom stereocenters. The van der Waals surface area contributed by atoms with Crippen molar-refractivity contribution < 1.29 is 0 Å². The third-order valence-electron chi connectivity index (χ3n) is 1.08. The van der Waals surface area contributed by atoms with E-state index in [-0.39, 0.29) is 0 Å². The van der Waals surface area contributed by atoms with E-state index in [1.807, 2.05) is 18.2 Å². The van der Waals surface area contributed by atoms with Crippen LogP contribution in [0.2, 0.25) is 0 Å². The van der Waals surface area contributed by atoms with E-state index in [2.05, 4.69) is 31.9 Å². The number of hydrogen-bond acceptors (Lipinski definition) is 0. The Morgan fingerprint density at radius 1 is 1.10 bits per heavy atom. The van der Waals surface area contributed by atoms with Crippen LogP contribution in [0.5, 0.6) is 0 Å². The molecule has 0 aliphatic rings. The Kier molecular flexibility index (Phi) is 3.21. The van der Waals surface area contributed by atoms with Crippen molar-refractivity contribution >= 4 is 43.5 Å². The number of alkyl halides is 1. The summed E-state index contributed by atoms with van der Waals surface area (Å²) in [5.41, 5.74) is 1.11. The molecule has 0 bridgehead atoms. The molecule has 54 valence electrons. The van der Waals surface area contributed by atoms with E-state index >= 15 is 0 Å². The van der Waals surface area contributed by atoms with Gasteiger partial charge in [-0.2, -0.15) is 0 Å². The summed E-state index contributed by atoms with van der Waals surface area (Å²) in [7, 11) is 0. The van der Waals surface area contributed by atoms with Gasteiger partial charge in [0, 0.05) is 14.8 Å². The minimum Gasteiger partial charge on any atom is -0.122 e. The molecule has 10 heavy (non-hydrogen) atoms. The molecule has 0 aliphatic carbocycles. The van der Waals surface area contributed by atoms with Gasteiger partial charge in [0.2, 0.25) is 0 Å². The Hall–Kier alpha value is 0.470. The van der Waals surface area contributed by atoms with Crippen LogP contribution in [0.1, 0.15) is 5.56 Å². The van der Waals surface area contributed by atoms with E-state index in [0.29, 0.717) is 5.88 Å². The predicted molar refractivity (Wildman–Crippen MR) is 51.4 cm³/mol. The lowest BCUT2D eigenvalue weighted by atomic mass is 10.2. The van der Waals surface area contributed by atoms with Crippen molar-refractivity contribution in [2.45, 2.75) is 5.88 Å². The normalized spacial score (nSPS) is 9.90. The molecule has 0 saturated heterocycles. The van der Waals surface area contributed by atoms with Crippen LogP contribution in [-0.2, 0) is 5.88 Å². The van der Waals surface area contributed by atoms with Crippen molar-refractivity contribution in [1.29, 1.82) is 0 Å². The summed E-state index contributed by atoms with van der Waals surface area (Å²) in [5, 5.41) is 0. The van der Waals surface area contributed by atoms with Crippen LogP contribution in [-0.4, -0.2) is 0 Å². The molecule has 1 rings (SSSR count). The molecule has 0 amide bonds. The van der Waals surface area contributed by atoms with Gasteiger partial charge >= 0.3 is 0 Å². The molecule has 0 aromatic heterocycles. The summed E-state index contributed by atoms with van der Waals surface area (Å²) in [6.45, 7) is 0. The fraction of sp³-hybridized carbons (Fsp3) is 0.143. The lowest BCUT2D eigenvalue weighted by molar-refractivity contribution is 1.37. The van der Waals surface area contributed by atoms with Crippen molar-refractivity contribution in [2.24, 2.45) is 0 Å². The van der Waals surface area contributed by atoms with Crippen LogP contribution < -0.4 is 0 Å². The van der Waals surface area contributed by atoms with Gasteiger partial charge in [0.25, 0.3) is 0 Å². The third kappa shape index (κ3) is 2.26. The second kappa shape index (κ2) is 3.74. The van der Waals surface area contributed by atoms with Gasteiger partial charge < -0.3 is 0 Å². The summed E-state index contributed by atoms with van der Waals surface area (Å²) >= 11 is 12.4. The van der Waals surface area contributed by atoms with Gasteiger partial charge in [0.15, 0.2) is 0 Å². The zero-order valence-corrected chi connectivity index (χ0v) is 9.00. The molecule has 0 radical (unpaired) electrons. The Morgan fingerprint density at radius 2 is 1.60 bits per heavy atom. The highest BCUT2D eigenvalue weighted by Crippen LogP contribution is 2.20. The SMILES string of the molecule is ClCc1cc(Br)cc(Br)c1. The molecule has 0 N–H and O–H groups in total. The molecular weight excluding hydrogens is 279 g/mol. The molecule has 0 saturated carbocycles. The molecule has 0 fully saturated rings. The molecule has 1 aromatic carbocycles. The van der Waals surface area contributed by atoms with E-state index < -0.39 is 0 Å². The van der Waals surface area contributed by atoms with Crippen LogP contribution in [0.25, 0.3) is 0 Å². The van der Waals surface area contributed by atoms with Crippen LogP contribution in [0, 0.1) is 0 Å². The van der Waals surface area contributed by atoms with Crippen LogP contribution in [0.4, 0.5) is 0 Å². The first-order valence-electron chi connectivity index (χ1n) is 2.73. The van der Waals surface area contributed by atoms with E-state index in [0.717, 1.165) is 14.5 Å². The largest absolute Gasteiger partial charge is 0.122 e. The molecule has 0 spiro atoms. The second-order valence-corrected chi connectivity index (χ2v) is 4.01. The second-order valence-electron chi connectivity index (χ2n) is 1.91. The first kappa shape index (κ1) is 8.57. The van der Waals surface area contributed by atoms with Crippen LogP contribution in [0.15, 0.2) is 27.1 Å². The van der Waals surface area contributed by atoms with E-state index in [1.165, 1.54) is 0 Å². The summed E-state index contributed by atoms with van der Waals surface area (Å²) < 4.78 is 2.11. The van der Waals surface area contributed by atoms with Gasteiger partial charge in [-0.25, -0.2) is 0 Å². The molecule has 0 heterocycles. The third-order valence-corrected chi connectivity index (χ3v) is 2.30. The lowest BCUT2D eigenvalue weighted by Crippen LogP contribution is -1.76. The van der Waals surface area contributed by atoms with Gasteiger partial charge in [-0.05, 0) is 23.8 Å². The summed E-state index contributed by atoms with van der Waals surface area (Å²) in [4.78, 5) is 0. The van der Waals surface area contributed by atoms with Crippen molar-refractivity contribution in [3.63, 3.8) is 0 Å².